The van der Waals surface area contributed by atoms with Crippen LogP contribution in [-0.4, -0.2) is 24.2 Å². The monoisotopic (exact) mass is 204 g/mol. The molecule has 0 bridgehead atoms. The first-order chi connectivity index (χ1) is 5.77. The molecule has 0 aromatic carbocycles. The van der Waals surface area contributed by atoms with Gasteiger partial charge in [-0.25, -0.2) is 0 Å². The number of halogens is 1. The van der Waals surface area contributed by atoms with E-state index in [4.69, 9.17) is 0 Å². The van der Waals surface area contributed by atoms with Crippen LogP contribution in [-0.2, 0) is 0 Å². The van der Waals surface area contributed by atoms with Crippen molar-refractivity contribution in [3.63, 3.8) is 0 Å². The first kappa shape index (κ1) is 11.3. The van der Waals surface area contributed by atoms with Crippen molar-refractivity contribution in [1.29, 1.82) is 0 Å². The van der Waals surface area contributed by atoms with Crippen molar-refractivity contribution in [2.45, 2.75) is 63.7 Å². The predicted octanol–water partition coefficient (Wildman–Crippen LogP) is 1.69. The highest BCUT2D eigenvalue weighted by atomic mass is 35.5. The lowest BCUT2D eigenvalue weighted by atomic mass is 9.86. The van der Waals surface area contributed by atoms with E-state index in [0.29, 0.717) is 12.1 Å². The van der Waals surface area contributed by atoms with Crippen LogP contribution >= 0.6 is 12.4 Å². The maximum Gasteiger partial charge on any atom is 0.0224 e. The molecule has 2 fully saturated rings. The van der Waals surface area contributed by atoms with Crippen LogP contribution < -0.4 is 10.6 Å². The molecule has 0 amide bonds. The normalized spacial score (nSPS) is 44.8. The van der Waals surface area contributed by atoms with Gasteiger partial charge < -0.3 is 10.6 Å². The van der Waals surface area contributed by atoms with Gasteiger partial charge in [-0.2, -0.15) is 0 Å². The molecule has 0 radical (unpaired) electrons. The Morgan fingerprint density at radius 3 is 1.62 bits per heavy atom. The van der Waals surface area contributed by atoms with E-state index in [1.807, 2.05) is 0 Å². The zero-order chi connectivity index (χ0) is 8.55. The highest BCUT2D eigenvalue weighted by Gasteiger charge is 2.32. The second kappa shape index (κ2) is 4.63. The molecule has 78 valence electrons. The lowest BCUT2D eigenvalue weighted by Crippen LogP contribution is -2.64. The Balaban J connectivity index is 0.000000845. The molecule has 1 aliphatic heterocycles. The minimum Gasteiger partial charge on any atom is -0.308 e. The Morgan fingerprint density at radius 1 is 0.846 bits per heavy atom. The van der Waals surface area contributed by atoms with Gasteiger partial charge in [0.25, 0.3) is 0 Å². The van der Waals surface area contributed by atoms with Gasteiger partial charge in [-0.1, -0.05) is 12.8 Å². The fraction of sp³-hybridized carbons (Fsp3) is 1.00. The summed E-state index contributed by atoms with van der Waals surface area (Å²) in [4.78, 5) is 0. The molecule has 0 spiro atoms. The topological polar surface area (TPSA) is 24.1 Å². The summed E-state index contributed by atoms with van der Waals surface area (Å²) in [6.07, 6.45) is 5.57. The highest BCUT2D eigenvalue weighted by molar-refractivity contribution is 5.85. The number of fused-ring (bicyclic) bond motifs is 1. The maximum absolute atomic E-state index is 3.71. The van der Waals surface area contributed by atoms with E-state index in [1.165, 1.54) is 25.7 Å². The summed E-state index contributed by atoms with van der Waals surface area (Å²) in [6.45, 7) is 4.56. The fourth-order valence-corrected chi connectivity index (χ4v) is 2.49. The number of hydrogen-bond acceptors (Lipinski definition) is 2. The number of rotatable bonds is 0. The second-order valence-corrected chi connectivity index (χ2v) is 4.41. The standard InChI is InChI=1S/C10H20N2.ClH/c1-7-8(2)12-10-6-4-3-5-9(10)11-7;/h7-12H,3-6H2,1-2H3;1H. The van der Waals surface area contributed by atoms with E-state index >= 15 is 0 Å². The van der Waals surface area contributed by atoms with Crippen LogP contribution in [0.25, 0.3) is 0 Å². The molecule has 2 aliphatic rings. The van der Waals surface area contributed by atoms with Crippen LogP contribution in [0.1, 0.15) is 39.5 Å². The third-order valence-corrected chi connectivity index (χ3v) is 3.47. The van der Waals surface area contributed by atoms with Crippen LogP contribution in [0.2, 0.25) is 0 Å². The second-order valence-electron chi connectivity index (χ2n) is 4.41. The minimum atomic E-state index is 0. The van der Waals surface area contributed by atoms with Gasteiger partial charge in [0.1, 0.15) is 0 Å². The van der Waals surface area contributed by atoms with Crippen LogP contribution in [0, 0.1) is 0 Å². The molecular weight excluding hydrogens is 184 g/mol. The molecule has 2 nitrogen and oxygen atoms in total. The smallest absolute Gasteiger partial charge is 0.0224 e. The van der Waals surface area contributed by atoms with Crippen molar-refractivity contribution in [2.75, 3.05) is 0 Å². The van der Waals surface area contributed by atoms with E-state index in [2.05, 4.69) is 24.5 Å². The summed E-state index contributed by atoms with van der Waals surface area (Å²) in [5, 5.41) is 7.41. The lowest BCUT2D eigenvalue weighted by Gasteiger charge is -2.43. The molecule has 1 saturated carbocycles. The largest absolute Gasteiger partial charge is 0.308 e. The third kappa shape index (κ3) is 2.36. The van der Waals surface area contributed by atoms with Crippen molar-refractivity contribution >= 4 is 12.4 Å². The molecule has 13 heavy (non-hydrogen) atoms. The van der Waals surface area contributed by atoms with E-state index in [0.717, 1.165) is 12.1 Å². The van der Waals surface area contributed by atoms with E-state index in [1.54, 1.807) is 0 Å². The number of piperazine rings is 1. The molecule has 1 saturated heterocycles. The van der Waals surface area contributed by atoms with Gasteiger partial charge in [0, 0.05) is 24.2 Å². The summed E-state index contributed by atoms with van der Waals surface area (Å²) in [6, 6.07) is 2.79. The highest BCUT2D eigenvalue weighted by Crippen LogP contribution is 2.22. The van der Waals surface area contributed by atoms with Crippen LogP contribution in [0.3, 0.4) is 0 Å². The first-order valence-electron chi connectivity index (χ1n) is 5.29. The lowest BCUT2D eigenvalue weighted by molar-refractivity contribution is 0.183. The molecular formula is C10H21ClN2. The Bertz CT molecular complexity index is 145. The minimum absolute atomic E-state index is 0. The molecule has 4 atom stereocenters. The molecule has 1 heterocycles. The van der Waals surface area contributed by atoms with Gasteiger partial charge in [-0.15, -0.1) is 12.4 Å². The van der Waals surface area contributed by atoms with Crippen molar-refractivity contribution in [3.8, 4) is 0 Å². The van der Waals surface area contributed by atoms with Gasteiger partial charge in [0.2, 0.25) is 0 Å². The van der Waals surface area contributed by atoms with Gasteiger partial charge in [-0.3, -0.25) is 0 Å². The predicted molar refractivity (Wildman–Crippen MR) is 58.5 cm³/mol. The molecule has 4 unspecified atom stereocenters. The van der Waals surface area contributed by atoms with Crippen molar-refractivity contribution in [1.82, 2.24) is 10.6 Å². The van der Waals surface area contributed by atoms with Crippen LogP contribution in [0.15, 0.2) is 0 Å². The number of hydrogen-bond donors (Lipinski definition) is 2. The molecule has 2 N–H and O–H groups in total. The molecule has 0 aromatic rings. The molecule has 0 aromatic heterocycles. The summed E-state index contributed by atoms with van der Waals surface area (Å²) in [7, 11) is 0. The molecule has 2 rings (SSSR count). The third-order valence-electron chi connectivity index (χ3n) is 3.47. The maximum atomic E-state index is 3.71. The Kier molecular flexibility index (Phi) is 4.02. The number of nitrogens with one attached hydrogen (secondary N) is 2. The quantitative estimate of drug-likeness (QED) is 0.628. The van der Waals surface area contributed by atoms with Gasteiger partial charge in [0.05, 0.1) is 0 Å². The Hall–Kier alpha value is 0.210. The summed E-state index contributed by atoms with van der Waals surface area (Å²) in [5.74, 6) is 0. The van der Waals surface area contributed by atoms with Crippen molar-refractivity contribution in [2.24, 2.45) is 0 Å². The van der Waals surface area contributed by atoms with Crippen molar-refractivity contribution < 1.29 is 0 Å². The van der Waals surface area contributed by atoms with Crippen LogP contribution in [0.4, 0.5) is 0 Å². The van der Waals surface area contributed by atoms with Gasteiger partial charge in [-0.05, 0) is 26.7 Å². The zero-order valence-electron chi connectivity index (χ0n) is 8.55. The fourth-order valence-electron chi connectivity index (χ4n) is 2.49. The Labute approximate surface area is 87.3 Å². The van der Waals surface area contributed by atoms with Gasteiger partial charge >= 0.3 is 0 Å². The SMILES string of the molecule is CC1NC2CCCCC2NC1C.Cl. The average molecular weight is 205 g/mol. The first-order valence-corrected chi connectivity index (χ1v) is 5.29. The molecule has 3 heteroatoms. The summed E-state index contributed by atoms with van der Waals surface area (Å²) >= 11 is 0. The Morgan fingerprint density at radius 2 is 1.23 bits per heavy atom. The van der Waals surface area contributed by atoms with E-state index in [9.17, 15) is 0 Å². The summed E-state index contributed by atoms with van der Waals surface area (Å²) in [5.41, 5.74) is 0. The van der Waals surface area contributed by atoms with E-state index < -0.39 is 0 Å². The molecule has 1 aliphatic carbocycles. The average Bonchev–Trinajstić information content (AvgIpc) is 2.07. The summed E-state index contributed by atoms with van der Waals surface area (Å²) < 4.78 is 0. The zero-order valence-corrected chi connectivity index (χ0v) is 9.36. The van der Waals surface area contributed by atoms with E-state index in [-0.39, 0.29) is 12.4 Å². The van der Waals surface area contributed by atoms with Crippen LogP contribution in [0.5, 0.6) is 0 Å². The van der Waals surface area contributed by atoms with Crippen molar-refractivity contribution in [3.05, 3.63) is 0 Å². The van der Waals surface area contributed by atoms with Gasteiger partial charge in [0.15, 0.2) is 0 Å².